The van der Waals surface area contributed by atoms with Gasteiger partial charge in [-0.2, -0.15) is 4.98 Å². The molecule has 0 saturated carbocycles. The fourth-order valence-electron chi connectivity index (χ4n) is 4.16. The van der Waals surface area contributed by atoms with Gasteiger partial charge in [-0.25, -0.2) is 8.42 Å². The average Bonchev–Trinajstić information content (AvgIpc) is 3.16. The third kappa shape index (κ3) is 3.94. The second-order valence-electron chi connectivity index (χ2n) is 7.67. The molecule has 1 unspecified atom stereocenters. The van der Waals surface area contributed by atoms with Crippen molar-refractivity contribution < 1.29 is 13.5 Å². The van der Waals surface area contributed by atoms with Gasteiger partial charge in [0.25, 0.3) is 5.56 Å². The van der Waals surface area contributed by atoms with Crippen LogP contribution in [0.3, 0.4) is 0 Å². The van der Waals surface area contributed by atoms with Gasteiger partial charge in [0.1, 0.15) is 5.82 Å². The van der Waals surface area contributed by atoms with E-state index in [-0.39, 0.29) is 10.9 Å². The van der Waals surface area contributed by atoms with Crippen molar-refractivity contribution in [3.05, 3.63) is 80.3 Å². The Morgan fingerprint density at radius 3 is 2.58 bits per heavy atom. The van der Waals surface area contributed by atoms with Crippen LogP contribution < -0.4 is 5.56 Å². The van der Waals surface area contributed by atoms with Crippen LogP contribution in [0.4, 0.5) is 0 Å². The Kier molecular flexibility index (Phi) is 6.03. The second kappa shape index (κ2) is 8.59. The number of hydrogen-bond acceptors (Lipinski definition) is 5. The normalized spacial score (nSPS) is 15.7. The monoisotopic (exact) mass is 502 g/mol. The lowest BCUT2D eigenvalue weighted by molar-refractivity contribution is 0.361. The average molecular weight is 503 g/mol. The first-order chi connectivity index (χ1) is 14.8. The van der Waals surface area contributed by atoms with E-state index in [1.54, 1.807) is 16.7 Å². The fraction of sp³-hybridized carbons (Fsp3) is 0.304. The van der Waals surface area contributed by atoms with Crippen LogP contribution in [0.25, 0.3) is 0 Å². The minimum absolute atomic E-state index is 0.0652. The van der Waals surface area contributed by atoms with Gasteiger partial charge in [-0.1, -0.05) is 53.5 Å². The maximum atomic E-state index is 13.3. The maximum Gasteiger partial charge on any atom is 0.296 e. The molecule has 0 saturated heterocycles. The molecule has 1 heterocycles. The standard InChI is InChI=1S/C23H23BrN2O4S/c1-2-3-8-20-25-22(27)21(31(29,30)17-12-10-16(24)11-13-17)23(28)26(20)19-14-9-15-6-4-5-7-18(15)19/h4-7,10-13,19,28H,2-3,8-9,14H2,1H3. The van der Waals surface area contributed by atoms with Crippen molar-refractivity contribution in [3.8, 4) is 5.88 Å². The van der Waals surface area contributed by atoms with Gasteiger partial charge in [-0.05, 0) is 54.7 Å². The molecular formula is C23H23BrN2O4S. The Morgan fingerprint density at radius 2 is 1.87 bits per heavy atom. The van der Waals surface area contributed by atoms with Crippen molar-refractivity contribution in [1.82, 2.24) is 9.55 Å². The molecule has 8 heteroatoms. The van der Waals surface area contributed by atoms with E-state index in [4.69, 9.17) is 0 Å². The molecule has 1 aliphatic rings. The van der Waals surface area contributed by atoms with Gasteiger partial charge in [0.05, 0.1) is 10.9 Å². The number of rotatable bonds is 6. The predicted molar refractivity (Wildman–Crippen MR) is 121 cm³/mol. The van der Waals surface area contributed by atoms with E-state index in [2.05, 4.69) is 20.9 Å². The highest BCUT2D eigenvalue weighted by Gasteiger charge is 2.34. The molecule has 1 N–H and O–H groups in total. The third-order valence-electron chi connectivity index (χ3n) is 5.69. The minimum atomic E-state index is -4.25. The summed E-state index contributed by atoms with van der Waals surface area (Å²) >= 11 is 3.28. The summed E-state index contributed by atoms with van der Waals surface area (Å²) in [6.45, 7) is 2.03. The van der Waals surface area contributed by atoms with Gasteiger partial charge in [-0.15, -0.1) is 0 Å². The van der Waals surface area contributed by atoms with Crippen LogP contribution in [0.15, 0.2) is 67.6 Å². The Morgan fingerprint density at radius 1 is 1.16 bits per heavy atom. The first kappa shape index (κ1) is 21.8. The number of halogens is 1. The highest BCUT2D eigenvalue weighted by atomic mass is 79.9. The summed E-state index contributed by atoms with van der Waals surface area (Å²) in [6, 6.07) is 13.6. The largest absolute Gasteiger partial charge is 0.493 e. The topological polar surface area (TPSA) is 89.3 Å². The molecular weight excluding hydrogens is 480 g/mol. The molecule has 162 valence electrons. The lowest BCUT2D eigenvalue weighted by Gasteiger charge is -2.23. The highest BCUT2D eigenvalue weighted by molar-refractivity contribution is 9.10. The fourth-order valence-corrected chi connectivity index (χ4v) is 5.77. The van der Waals surface area contributed by atoms with Crippen molar-refractivity contribution in [1.29, 1.82) is 0 Å². The van der Waals surface area contributed by atoms with Crippen LogP contribution >= 0.6 is 15.9 Å². The van der Waals surface area contributed by atoms with Gasteiger partial charge in [0.15, 0.2) is 4.90 Å². The first-order valence-electron chi connectivity index (χ1n) is 10.3. The van der Waals surface area contributed by atoms with E-state index >= 15 is 0 Å². The van der Waals surface area contributed by atoms with E-state index in [1.165, 1.54) is 12.1 Å². The first-order valence-corrected chi connectivity index (χ1v) is 12.5. The summed E-state index contributed by atoms with van der Waals surface area (Å²) < 4.78 is 28.9. The predicted octanol–water partition coefficient (Wildman–Crippen LogP) is 4.42. The number of unbranched alkanes of at least 4 members (excludes halogenated alkanes) is 1. The van der Waals surface area contributed by atoms with Gasteiger partial charge < -0.3 is 5.11 Å². The van der Waals surface area contributed by atoms with Crippen LogP contribution in [0, 0.1) is 0 Å². The molecule has 3 aromatic rings. The number of nitrogens with zero attached hydrogens (tertiary/aromatic N) is 2. The van der Waals surface area contributed by atoms with Crippen molar-refractivity contribution in [2.24, 2.45) is 0 Å². The molecule has 6 nitrogen and oxygen atoms in total. The molecule has 1 aromatic heterocycles. The summed E-state index contributed by atoms with van der Waals surface area (Å²) in [6.07, 6.45) is 3.66. The van der Waals surface area contributed by atoms with E-state index in [9.17, 15) is 18.3 Å². The Balaban J connectivity index is 1.94. The van der Waals surface area contributed by atoms with Crippen LogP contribution in [-0.4, -0.2) is 23.1 Å². The second-order valence-corrected chi connectivity index (χ2v) is 10.5. The molecule has 1 atom stereocenters. The molecule has 1 aliphatic carbocycles. The molecule has 2 aromatic carbocycles. The zero-order chi connectivity index (χ0) is 22.2. The quantitative estimate of drug-likeness (QED) is 0.538. The molecule has 4 rings (SSSR count). The Bertz CT molecular complexity index is 1280. The van der Waals surface area contributed by atoms with Gasteiger partial charge in [-0.3, -0.25) is 9.36 Å². The molecule has 0 aliphatic heterocycles. The molecule has 31 heavy (non-hydrogen) atoms. The Hall–Kier alpha value is -2.45. The summed E-state index contributed by atoms with van der Waals surface area (Å²) in [5, 5.41) is 11.2. The summed E-state index contributed by atoms with van der Waals surface area (Å²) in [4.78, 5) is 16.3. The molecule has 0 bridgehead atoms. The van der Waals surface area contributed by atoms with Crippen LogP contribution in [0.5, 0.6) is 5.88 Å². The SMILES string of the molecule is CCCCc1nc(=O)c(S(=O)(=O)c2ccc(Br)cc2)c(O)n1C1CCc2ccccc21. The number of hydrogen-bond donors (Lipinski definition) is 1. The number of aryl methyl sites for hydroxylation is 2. The molecule has 0 spiro atoms. The van der Waals surface area contributed by atoms with Crippen LogP contribution in [-0.2, 0) is 22.7 Å². The zero-order valence-corrected chi connectivity index (χ0v) is 19.5. The van der Waals surface area contributed by atoms with Crippen LogP contribution in [0.2, 0.25) is 0 Å². The smallest absolute Gasteiger partial charge is 0.296 e. The highest BCUT2D eigenvalue weighted by Crippen LogP contribution is 2.39. The van der Waals surface area contributed by atoms with Gasteiger partial charge in [0.2, 0.25) is 15.7 Å². The van der Waals surface area contributed by atoms with E-state index < -0.39 is 26.2 Å². The number of aromatic nitrogens is 2. The molecule has 0 radical (unpaired) electrons. The number of benzene rings is 2. The van der Waals surface area contributed by atoms with Crippen molar-refractivity contribution in [3.63, 3.8) is 0 Å². The lowest BCUT2D eigenvalue weighted by Crippen LogP contribution is -2.27. The number of sulfone groups is 1. The van der Waals surface area contributed by atoms with Gasteiger partial charge >= 0.3 is 0 Å². The molecule has 0 fully saturated rings. The summed E-state index contributed by atoms with van der Waals surface area (Å²) in [7, 11) is -4.25. The summed E-state index contributed by atoms with van der Waals surface area (Å²) in [5.74, 6) is -0.114. The van der Waals surface area contributed by atoms with Crippen molar-refractivity contribution in [2.75, 3.05) is 0 Å². The number of fused-ring (bicyclic) bond motifs is 1. The van der Waals surface area contributed by atoms with Crippen LogP contribution in [0.1, 0.15) is 49.2 Å². The lowest BCUT2D eigenvalue weighted by atomic mass is 10.1. The Labute approximate surface area is 189 Å². The third-order valence-corrected chi connectivity index (χ3v) is 8.01. The van der Waals surface area contributed by atoms with E-state index in [0.717, 1.165) is 30.4 Å². The van der Waals surface area contributed by atoms with E-state index in [0.29, 0.717) is 23.1 Å². The minimum Gasteiger partial charge on any atom is -0.493 e. The zero-order valence-electron chi connectivity index (χ0n) is 17.1. The molecule has 0 amide bonds. The maximum absolute atomic E-state index is 13.3. The summed E-state index contributed by atoms with van der Waals surface area (Å²) in [5.41, 5.74) is 1.26. The van der Waals surface area contributed by atoms with Crippen molar-refractivity contribution >= 4 is 25.8 Å². The van der Waals surface area contributed by atoms with E-state index in [1.807, 2.05) is 31.2 Å². The van der Waals surface area contributed by atoms with Crippen molar-refractivity contribution in [2.45, 2.75) is 54.9 Å². The van der Waals surface area contributed by atoms with Gasteiger partial charge in [0, 0.05) is 10.9 Å². The number of aromatic hydroxyl groups is 1.